The van der Waals surface area contributed by atoms with Gasteiger partial charge in [-0.1, -0.05) is 20.1 Å². The fraction of sp³-hybridized carbons (Fsp3) is 0.714. The highest BCUT2D eigenvalue weighted by Crippen LogP contribution is 1.98. The SMILES string of the molecule is C=C(C)C(=O)OCC(C)CNCCOCCOCCNCC(O)COC(=O)C(=C)C. The van der Waals surface area contributed by atoms with Crippen LogP contribution in [0.15, 0.2) is 24.3 Å². The molecular formula is C21H38N2O7. The van der Waals surface area contributed by atoms with Crippen LogP contribution in [0.4, 0.5) is 0 Å². The quantitative estimate of drug-likeness (QED) is 0.152. The van der Waals surface area contributed by atoms with Crippen LogP contribution >= 0.6 is 0 Å². The van der Waals surface area contributed by atoms with Gasteiger partial charge in [0.15, 0.2) is 0 Å². The molecule has 0 radical (unpaired) electrons. The molecule has 174 valence electrons. The summed E-state index contributed by atoms with van der Waals surface area (Å²) in [5, 5.41) is 15.9. The van der Waals surface area contributed by atoms with Gasteiger partial charge in [-0.05, 0) is 13.8 Å². The number of rotatable bonds is 19. The molecule has 2 unspecified atom stereocenters. The van der Waals surface area contributed by atoms with E-state index in [2.05, 4.69) is 23.8 Å². The largest absolute Gasteiger partial charge is 0.462 e. The lowest BCUT2D eigenvalue weighted by molar-refractivity contribution is -0.142. The van der Waals surface area contributed by atoms with Gasteiger partial charge in [0.25, 0.3) is 0 Å². The molecule has 0 heterocycles. The lowest BCUT2D eigenvalue weighted by Gasteiger charge is -2.13. The number of aliphatic hydroxyl groups excluding tert-OH is 1. The highest BCUT2D eigenvalue weighted by molar-refractivity contribution is 5.87. The van der Waals surface area contributed by atoms with E-state index >= 15 is 0 Å². The molecular weight excluding hydrogens is 392 g/mol. The first-order valence-corrected chi connectivity index (χ1v) is 10.1. The molecule has 0 aromatic carbocycles. The van der Waals surface area contributed by atoms with E-state index in [-0.39, 0.29) is 18.5 Å². The minimum absolute atomic E-state index is 0.0696. The summed E-state index contributed by atoms with van der Waals surface area (Å²) >= 11 is 0. The predicted octanol–water partition coefficient (Wildman–Crippen LogP) is 0.434. The Morgan fingerprint density at radius 3 is 1.80 bits per heavy atom. The van der Waals surface area contributed by atoms with Gasteiger partial charge in [-0.3, -0.25) is 0 Å². The van der Waals surface area contributed by atoms with Crippen molar-refractivity contribution in [1.29, 1.82) is 0 Å². The Morgan fingerprint density at radius 1 is 0.833 bits per heavy atom. The van der Waals surface area contributed by atoms with Crippen LogP contribution in [-0.4, -0.2) is 89.0 Å². The van der Waals surface area contributed by atoms with Crippen molar-refractivity contribution in [3.63, 3.8) is 0 Å². The van der Waals surface area contributed by atoms with Crippen LogP contribution in [0.3, 0.4) is 0 Å². The molecule has 0 saturated carbocycles. The average molecular weight is 431 g/mol. The van der Waals surface area contributed by atoms with E-state index in [0.717, 1.165) is 6.54 Å². The number of carbonyl (C=O) groups is 2. The molecule has 0 rings (SSSR count). The van der Waals surface area contributed by atoms with Gasteiger partial charge in [-0.25, -0.2) is 9.59 Å². The van der Waals surface area contributed by atoms with Crippen LogP contribution in [-0.2, 0) is 28.5 Å². The first kappa shape index (κ1) is 28.2. The Bertz CT molecular complexity index is 479. The van der Waals surface area contributed by atoms with Gasteiger partial charge in [0, 0.05) is 43.2 Å². The van der Waals surface area contributed by atoms with Crippen molar-refractivity contribution in [3.05, 3.63) is 24.3 Å². The second kappa shape index (κ2) is 18.0. The van der Waals surface area contributed by atoms with Gasteiger partial charge in [-0.15, -0.1) is 0 Å². The van der Waals surface area contributed by atoms with Gasteiger partial charge < -0.3 is 34.7 Å². The number of aliphatic hydroxyl groups is 1. The zero-order valence-electron chi connectivity index (χ0n) is 18.5. The van der Waals surface area contributed by atoms with Gasteiger partial charge in [0.2, 0.25) is 0 Å². The average Bonchev–Trinajstić information content (AvgIpc) is 2.70. The molecule has 0 spiro atoms. The van der Waals surface area contributed by atoms with Gasteiger partial charge >= 0.3 is 11.9 Å². The van der Waals surface area contributed by atoms with Gasteiger partial charge in [0.05, 0.1) is 33.0 Å². The third-order valence-corrected chi connectivity index (χ3v) is 3.69. The van der Waals surface area contributed by atoms with E-state index < -0.39 is 12.1 Å². The smallest absolute Gasteiger partial charge is 0.333 e. The number of hydrogen-bond acceptors (Lipinski definition) is 9. The summed E-state index contributed by atoms with van der Waals surface area (Å²) in [6.45, 7) is 16.8. The molecule has 9 nitrogen and oxygen atoms in total. The molecule has 3 N–H and O–H groups in total. The fourth-order valence-electron chi connectivity index (χ4n) is 1.98. The van der Waals surface area contributed by atoms with Crippen molar-refractivity contribution in [2.45, 2.75) is 26.9 Å². The molecule has 0 aromatic heterocycles. The zero-order chi connectivity index (χ0) is 22.8. The Kier molecular flexibility index (Phi) is 17.0. The highest BCUT2D eigenvalue weighted by atomic mass is 16.5. The number of esters is 2. The molecule has 0 aromatic rings. The normalized spacial score (nSPS) is 12.8. The van der Waals surface area contributed by atoms with Gasteiger partial charge in [0.1, 0.15) is 12.7 Å². The van der Waals surface area contributed by atoms with Crippen LogP contribution in [0.25, 0.3) is 0 Å². The van der Waals surface area contributed by atoms with Crippen molar-refractivity contribution in [3.8, 4) is 0 Å². The minimum Gasteiger partial charge on any atom is -0.462 e. The highest BCUT2D eigenvalue weighted by Gasteiger charge is 2.09. The van der Waals surface area contributed by atoms with Crippen LogP contribution in [0.1, 0.15) is 20.8 Å². The molecule has 0 bridgehead atoms. The van der Waals surface area contributed by atoms with Crippen LogP contribution in [0.5, 0.6) is 0 Å². The molecule has 0 aliphatic heterocycles. The lowest BCUT2D eigenvalue weighted by atomic mass is 10.2. The van der Waals surface area contributed by atoms with Crippen molar-refractivity contribution in [2.24, 2.45) is 5.92 Å². The maximum atomic E-state index is 11.3. The second-order valence-corrected chi connectivity index (χ2v) is 7.15. The van der Waals surface area contributed by atoms with E-state index in [1.165, 1.54) is 0 Å². The minimum atomic E-state index is -0.773. The zero-order valence-corrected chi connectivity index (χ0v) is 18.5. The fourth-order valence-corrected chi connectivity index (χ4v) is 1.98. The lowest BCUT2D eigenvalue weighted by Crippen LogP contribution is -2.33. The Morgan fingerprint density at radius 2 is 1.30 bits per heavy atom. The predicted molar refractivity (Wildman–Crippen MR) is 114 cm³/mol. The molecule has 0 amide bonds. The van der Waals surface area contributed by atoms with E-state index in [1.54, 1.807) is 13.8 Å². The molecule has 30 heavy (non-hydrogen) atoms. The number of carbonyl (C=O) groups excluding carboxylic acids is 2. The third kappa shape index (κ3) is 17.1. The molecule has 0 saturated heterocycles. The number of nitrogens with one attached hydrogen (secondary N) is 2. The Hall–Kier alpha value is -1.78. The topological polar surface area (TPSA) is 115 Å². The van der Waals surface area contributed by atoms with E-state index in [1.807, 2.05) is 6.92 Å². The van der Waals surface area contributed by atoms with E-state index in [4.69, 9.17) is 18.9 Å². The summed E-state index contributed by atoms with van der Waals surface area (Å²) in [5.41, 5.74) is 0.707. The van der Waals surface area contributed by atoms with Gasteiger partial charge in [-0.2, -0.15) is 0 Å². The Labute approximate surface area is 179 Å². The summed E-state index contributed by atoms with van der Waals surface area (Å²) in [5.74, 6) is -0.660. The molecule has 0 aliphatic rings. The van der Waals surface area contributed by atoms with Crippen molar-refractivity contribution >= 4 is 11.9 Å². The molecule has 0 fully saturated rings. The second-order valence-electron chi connectivity index (χ2n) is 7.15. The first-order valence-electron chi connectivity index (χ1n) is 10.1. The van der Waals surface area contributed by atoms with E-state index in [9.17, 15) is 14.7 Å². The van der Waals surface area contributed by atoms with Crippen molar-refractivity contribution in [1.82, 2.24) is 10.6 Å². The Balaban J connectivity index is 3.36. The van der Waals surface area contributed by atoms with Crippen LogP contribution in [0.2, 0.25) is 0 Å². The first-order chi connectivity index (χ1) is 14.2. The molecule has 2 atom stereocenters. The monoisotopic (exact) mass is 430 g/mol. The summed E-state index contributed by atoms with van der Waals surface area (Å²) < 4.78 is 20.8. The van der Waals surface area contributed by atoms with Crippen molar-refractivity contribution < 1.29 is 33.6 Å². The maximum absolute atomic E-state index is 11.3. The standard InChI is InChI=1S/C21H38N2O7/c1-16(2)20(25)29-14-18(5)12-22-6-8-27-10-11-28-9-7-23-13-19(24)15-30-21(26)17(3)4/h18-19,22-24H,1,3,6-15H2,2,4-5H3. The van der Waals surface area contributed by atoms with Crippen LogP contribution < -0.4 is 10.6 Å². The molecule has 0 aliphatic carbocycles. The third-order valence-electron chi connectivity index (χ3n) is 3.69. The summed E-state index contributed by atoms with van der Waals surface area (Å²) in [7, 11) is 0. The summed E-state index contributed by atoms with van der Waals surface area (Å²) in [6.07, 6.45) is -0.773. The maximum Gasteiger partial charge on any atom is 0.333 e. The summed E-state index contributed by atoms with van der Waals surface area (Å²) in [6, 6.07) is 0. The number of hydrogen-bond donors (Lipinski definition) is 3. The molecule has 9 heteroatoms. The van der Waals surface area contributed by atoms with E-state index in [0.29, 0.717) is 63.8 Å². The van der Waals surface area contributed by atoms with Crippen LogP contribution in [0, 0.1) is 5.92 Å². The summed E-state index contributed by atoms with van der Waals surface area (Å²) in [4.78, 5) is 22.5. The number of ether oxygens (including phenoxy) is 4. The van der Waals surface area contributed by atoms with Crippen molar-refractivity contribution in [2.75, 3.05) is 65.8 Å².